The molecule has 1 aliphatic carbocycles. The van der Waals surface area contributed by atoms with E-state index in [2.05, 4.69) is 17.3 Å². The fourth-order valence-electron chi connectivity index (χ4n) is 1.52. The summed E-state index contributed by atoms with van der Waals surface area (Å²) < 4.78 is 0. The molecular weight excluding hydrogens is 126 g/mol. The molecule has 1 heterocycles. The Labute approximate surface area is 60.6 Å². The highest BCUT2D eigenvalue weighted by atomic mass is 16.6. The molecule has 0 N–H and O–H groups in total. The van der Waals surface area contributed by atoms with Crippen molar-refractivity contribution in [3.8, 4) is 0 Å². The van der Waals surface area contributed by atoms with Gasteiger partial charge in [-0.3, -0.25) is 0 Å². The van der Waals surface area contributed by atoms with Gasteiger partial charge in [-0.25, -0.2) is 0 Å². The predicted octanol–water partition coefficient (Wildman–Crippen LogP) is 1.73. The van der Waals surface area contributed by atoms with Crippen molar-refractivity contribution < 1.29 is 4.84 Å². The third kappa shape index (κ3) is 0.939. The molecule has 0 bridgehead atoms. The van der Waals surface area contributed by atoms with Crippen LogP contribution in [0.5, 0.6) is 0 Å². The molecule has 10 heavy (non-hydrogen) atoms. The molecule has 54 valence electrons. The molecular formula is C8H11NO. The van der Waals surface area contributed by atoms with E-state index in [1.807, 2.05) is 6.21 Å². The zero-order valence-corrected chi connectivity index (χ0v) is 5.86. The van der Waals surface area contributed by atoms with Crippen LogP contribution >= 0.6 is 0 Å². The first-order chi connectivity index (χ1) is 4.97. The first-order valence-electron chi connectivity index (χ1n) is 3.79. The van der Waals surface area contributed by atoms with Crippen molar-refractivity contribution in [2.24, 2.45) is 11.1 Å². The fourth-order valence-corrected chi connectivity index (χ4v) is 1.52. The van der Waals surface area contributed by atoms with Crippen molar-refractivity contribution in [2.45, 2.75) is 25.4 Å². The van der Waals surface area contributed by atoms with E-state index in [4.69, 9.17) is 4.84 Å². The molecule has 0 fully saturated rings. The number of fused-ring (bicyclic) bond motifs is 1. The summed E-state index contributed by atoms with van der Waals surface area (Å²) in [6, 6.07) is 0. The summed E-state index contributed by atoms with van der Waals surface area (Å²) in [6.07, 6.45) is 9.97. The standard InChI is InChI=1S/C8H11NO/c1-2-4-8-7(3-1)5-6-9-10-8/h1-2,6-8H,3-5H2. The summed E-state index contributed by atoms with van der Waals surface area (Å²) in [7, 11) is 0. The van der Waals surface area contributed by atoms with Gasteiger partial charge in [-0.1, -0.05) is 17.3 Å². The molecule has 2 atom stereocenters. The zero-order chi connectivity index (χ0) is 6.81. The summed E-state index contributed by atoms with van der Waals surface area (Å²) >= 11 is 0. The highest BCUT2D eigenvalue weighted by Gasteiger charge is 2.25. The monoisotopic (exact) mass is 137 g/mol. The number of nitrogens with zero attached hydrogens (tertiary/aromatic N) is 1. The minimum Gasteiger partial charge on any atom is -0.392 e. The highest BCUT2D eigenvalue weighted by Crippen LogP contribution is 2.26. The van der Waals surface area contributed by atoms with Crippen LogP contribution in [0.2, 0.25) is 0 Å². The predicted molar refractivity (Wildman–Crippen MR) is 39.8 cm³/mol. The van der Waals surface area contributed by atoms with E-state index >= 15 is 0 Å². The van der Waals surface area contributed by atoms with Gasteiger partial charge >= 0.3 is 0 Å². The fraction of sp³-hybridized carbons (Fsp3) is 0.625. The number of hydrogen-bond donors (Lipinski definition) is 0. The third-order valence-electron chi connectivity index (χ3n) is 2.18. The molecule has 0 aromatic rings. The Kier molecular flexibility index (Phi) is 1.46. The van der Waals surface area contributed by atoms with Gasteiger partial charge in [0.25, 0.3) is 0 Å². The molecule has 0 saturated heterocycles. The van der Waals surface area contributed by atoms with Gasteiger partial charge in [0.15, 0.2) is 0 Å². The normalized spacial score (nSPS) is 36.8. The number of rotatable bonds is 0. The van der Waals surface area contributed by atoms with Crippen molar-refractivity contribution in [2.75, 3.05) is 0 Å². The molecule has 2 nitrogen and oxygen atoms in total. The van der Waals surface area contributed by atoms with Crippen molar-refractivity contribution in [3.63, 3.8) is 0 Å². The molecule has 2 rings (SSSR count). The average Bonchev–Trinajstić information content (AvgIpc) is 2.05. The summed E-state index contributed by atoms with van der Waals surface area (Å²) in [4.78, 5) is 5.20. The third-order valence-corrected chi connectivity index (χ3v) is 2.18. The van der Waals surface area contributed by atoms with E-state index < -0.39 is 0 Å². The maximum absolute atomic E-state index is 5.20. The molecule has 0 radical (unpaired) electrons. The molecule has 0 spiro atoms. The maximum Gasteiger partial charge on any atom is 0.134 e. The van der Waals surface area contributed by atoms with Crippen LogP contribution in [0.15, 0.2) is 17.3 Å². The zero-order valence-electron chi connectivity index (χ0n) is 5.86. The smallest absolute Gasteiger partial charge is 0.134 e. The van der Waals surface area contributed by atoms with Crippen LogP contribution < -0.4 is 0 Å². The van der Waals surface area contributed by atoms with Gasteiger partial charge in [-0.05, 0) is 12.8 Å². The van der Waals surface area contributed by atoms with E-state index in [9.17, 15) is 0 Å². The number of oxime groups is 1. The summed E-state index contributed by atoms with van der Waals surface area (Å²) in [5.74, 6) is 0.697. The summed E-state index contributed by atoms with van der Waals surface area (Å²) in [6.45, 7) is 0. The molecule has 0 aromatic heterocycles. The lowest BCUT2D eigenvalue weighted by Gasteiger charge is -2.27. The lowest BCUT2D eigenvalue weighted by Crippen LogP contribution is -2.27. The Morgan fingerprint density at radius 2 is 2.10 bits per heavy atom. The number of allylic oxidation sites excluding steroid dienone is 1. The second kappa shape index (κ2) is 2.45. The first-order valence-corrected chi connectivity index (χ1v) is 3.79. The van der Waals surface area contributed by atoms with Gasteiger partial charge in [0.2, 0.25) is 0 Å². The lowest BCUT2D eigenvalue weighted by atomic mass is 9.89. The van der Waals surface area contributed by atoms with E-state index in [0.717, 1.165) is 19.3 Å². The van der Waals surface area contributed by atoms with Crippen LogP contribution in [-0.2, 0) is 4.84 Å². The van der Waals surface area contributed by atoms with Crippen LogP contribution in [0.4, 0.5) is 0 Å². The Morgan fingerprint density at radius 3 is 3.00 bits per heavy atom. The van der Waals surface area contributed by atoms with Gasteiger partial charge in [-0.2, -0.15) is 0 Å². The number of hydrogen-bond acceptors (Lipinski definition) is 2. The topological polar surface area (TPSA) is 21.6 Å². The molecule has 0 amide bonds. The maximum atomic E-state index is 5.20. The van der Waals surface area contributed by atoms with Crippen molar-refractivity contribution in [3.05, 3.63) is 12.2 Å². The molecule has 0 saturated carbocycles. The second-order valence-electron chi connectivity index (χ2n) is 2.87. The van der Waals surface area contributed by atoms with Crippen LogP contribution in [0, 0.1) is 5.92 Å². The van der Waals surface area contributed by atoms with E-state index in [1.165, 1.54) is 0 Å². The molecule has 2 unspecified atom stereocenters. The average molecular weight is 137 g/mol. The summed E-state index contributed by atoms with van der Waals surface area (Å²) in [5.41, 5.74) is 0. The highest BCUT2D eigenvalue weighted by molar-refractivity contribution is 5.57. The Hall–Kier alpha value is -0.790. The Morgan fingerprint density at radius 1 is 1.20 bits per heavy atom. The van der Waals surface area contributed by atoms with E-state index in [1.54, 1.807) is 0 Å². The van der Waals surface area contributed by atoms with Gasteiger partial charge in [-0.15, -0.1) is 0 Å². The lowest BCUT2D eigenvalue weighted by molar-refractivity contribution is 0.00695. The molecule has 0 aromatic carbocycles. The van der Waals surface area contributed by atoms with Gasteiger partial charge in [0.05, 0.1) is 0 Å². The Bertz CT molecular complexity index is 138. The van der Waals surface area contributed by atoms with Gasteiger partial charge < -0.3 is 4.84 Å². The van der Waals surface area contributed by atoms with Gasteiger partial charge in [0.1, 0.15) is 6.10 Å². The Balaban J connectivity index is 2.09. The van der Waals surface area contributed by atoms with Crippen LogP contribution in [0.25, 0.3) is 0 Å². The van der Waals surface area contributed by atoms with Crippen LogP contribution in [-0.4, -0.2) is 12.3 Å². The second-order valence-corrected chi connectivity index (χ2v) is 2.87. The van der Waals surface area contributed by atoms with E-state index in [-0.39, 0.29) is 0 Å². The first kappa shape index (κ1) is 5.96. The van der Waals surface area contributed by atoms with Crippen LogP contribution in [0.1, 0.15) is 19.3 Å². The van der Waals surface area contributed by atoms with Crippen molar-refractivity contribution in [1.82, 2.24) is 0 Å². The van der Waals surface area contributed by atoms with Crippen molar-refractivity contribution >= 4 is 6.21 Å². The van der Waals surface area contributed by atoms with Crippen molar-refractivity contribution in [1.29, 1.82) is 0 Å². The van der Waals surface area contributed by atoms with Gasteiger partial charge in [0, 0.05) is 18.6 Å². The molecule has 1 aliphatic heterocycles. The quantitative estimate of drug-likeness (QED) is 0.466. The minimum absolute atomic E-state index is 0.370. The van der Waals surface area contributed by atoms with E-state index in [0.29, 0.717) is 12.0 Å². The minimum atomic E-state index is 0.370. The SMILES string of the molecule is C1=CCC2ON=CCC2C1. The molecule has 2 aliphatic rings. The molecule has 2 heteroatoms. The largest absolute Gasteiger partial charge is 0.392 e. The van der Waals surface area contributed by atoms with Crippen LogP contribution in [0.3, 0.4) is 0 Å². The summed E-state index contributed by atoms with van der Waals surface area (Å²) in [5, 5.41) is 3.80.